The summed E-state index contributed by atoms with van der Waals surface area (Å²) >= 11 is 7.72. The molecule has 3 aliphatic heterocycles. The van der Waals surface area contributed by atoms with Gasteiger partial charge in [-0.3, -0.25) is 4.90 Å². The lowest BCUT2D eigenvalue weighted by Gasteiger charge is -2.43. The molecule has 0 saturated carbocycles. The van der Waals surface area contributed by atoms with Gasteiger partial charge in [0.1, 0.15) is 23.8 Å². The summed E-state index contributed by atoms with van der Waals surface area (Å²) in [6.45, 7) is 3.28. The van der Waals surface area contributed by atoms with Crippen LogP contribution in [0, 0.1) is 11.6 Å². The van der Waals surface area contributed by atoms with Crippen LogP contribution in [0.5, 0.6) is 6.01 Å². The van der Waals surface area contributed by atoms with E-state index in [1.54, 1.807) is 6.07 Å². The first-order valence-corrected chi connectivity index (χ1v) is 15.0. The largest absolute Gasteiger partial charge is 0.461 e. The molecule has 3 aliphatic rings. The summed E-state index contributed by atoms with van der Waals surface area (Å²) in [6.07, 6.45) is 4.28. The van der Waals surface area contributed by atoms with E-state index in [4.69, 9.17) is 32.8 Å². The van der Waals surface area contributed by atoms with E-state index >= 15 is 4.39 Å². The first kappa shape index (κ1) is 27.3. The van der Waals surface area contributed by atoms with Crippen molar-refractivity contribution in [2.45, 2.75) is 37.3 Å². The number of benzene rings is 2. The van der Waals surface area contributed by atoms with E-state index in [1.807, 2.05) is 11.9 Å². The maximum absolute atomic E-state index is 16.6. The number of thiazole rings is 1. The normalized spacial score (nSPS) is 18.5. The van der Waals surface area contributed by atoms with E-state index < -0.39 is 17.7 Å². The number of fused-ring (bicyclic) bond motifs is 3. The number of rotatable bonds is 6. The molecule has 3 fully saturated rings. The minimum Gasteiger partial charge on any atom is -0.461 e. The molecule has 0 unspecified atom stereocenters. The summed E-state index contributed by atoms with van der Waals surface area (Å²) in [5.41, 5.74) is 11.8. The monoisotopic (exact) mass is 614 g/mol. The highest BCUT2D eigenvalue weighted by Crippen LogP contribution is 2.43. The van der Waals surface area contributed by atoms with Gasteiger partial charge in [-0.15, -0.1) is 0 Å². The molecule has 4 aromatic rings. The lowest BCUT2D eigenvalue weighted by molar-refractivity contribution is 0.107. The zero-order chi connectivity index (χ0) is 29.3. The zero-order valence-corrected chi connectivity index (χ0v) is 24.4. The van der Waals surface area contributed by atoms with Crippen LogP contribution in [0.2, 0.25) is 5.02 Å². The number of hydrogen-bond donors (Lipinski definition) is 2. The minimum atomic E-state index is -0.701. The molecular formula is C28H29ClF2N8O2S. The molecule has 2 amide bonds. The predicted molar refractivity (Wildman–Crippen MR) is 159 cm³/mol. The second kappa shape index (κ2) is 10.0. The van der Waals surface area contributed by atoms with Gasteiger partial charge in [0, 0.05) is 36.7 Å². The molecule has 0 radical (unpaired) electrons. The number of ether oxygens (including phenoxy) is 1. The zero-order valence-electron chi connectivity index (χ0n) is 22.9. The Kier molecular flexibility index (Phi) is 6.51. The topological polar surface area (TPSA) is 127 Å². The van der Waals surface area contributed by atoms with Gasteiger partial charge in [-0.25, -0.2) is 18.6 Å². The number of likely N-dealkylation sites (N-methyl/N-ethyl adjacent to an activating group) is 1. The summed E-state index contributed by atoms with van der Waals surface area (Å²) in [6, 6.07) is 3.75. The van der Waals surface area contributed by atoms with Crippen molar-refractivity contribution in [1.82, 2.24) is 24.8 Å². The number of halogens is 3. The number of carbonyl (C=O) groups is 1. The number of urea groups is 1. The lowest BCUT2D eigenvalue weighted by Crippen LogP contribution is -2.61. The second-order valence-electron chi connectivity index (χ2n) is 11.3. The van der Waals surface area contributed by atoms with Crippen LogP contribution in [0.25, 0.3) is 32.2 Å². The van der Waals surface area contributed by atoms with Gasteiger partial charge in [0.15, 0.2) is 10.9 Å². The summed E-state index contributed by atoms with van der Waals surface area (Å²) in [5.74, 6) is -0.779. The van der Waals surface area contributed by atoms with Gasteiger partial charge in [0.25, 0.3) is 0 Å². The van der Waals surface area contributed by atoms with Crippen LogP contribution in [0.4, 0.5) is 24.5 Å². The molecule has 14 heteroatoms. The molecule has 2 aromatic heterocycles. The van der Waals surface area contributed by atoms with Crippen LogP contribution in [0.3, 0.4) is 0 Å². The Balaban J connectivity index is 1.35. The molecule has 0 aliphatic carbocycles. The van der Waals surface area contributed by atoms with Crippen molar-refractivity contribution in [3.63, 3.8) is 0 Å². The molecule has 0 spiro atoms. The Labute approximate surface area is 249 Å². The minimum absolute atomic E-state index is 0.0141. The van der Waals surface area contributed by atoms with Crippen molar-refractivity contribution in [2.75, 3.05) is 50.5 Å². The van der Waals surface area contributed by atoms with E-state index in [-0.39, 0.29) is 49.0 Å². The van der Waals surface area contributed by atoms with Gasteiger partial charge in [0.05, 0.1) is 26.8 Å². The van der Waals surface area contributed by atoms with Crippen LogP contribution >= 0.6 is 22.9 Å². The smallest absolute Gasteiger partial charge is 0.319 e. The molecule has 220 valence electrons. The van der Waals surface area contributed by atoms with E-state index in [2.05, 4.69) is 14.9 Å². The number of likely N-dealkylation sites (tertiary alicyclic amines) is 1. The number of nitrogens with zero attached hydrogens (tertiary/aromatic N) is 6. The lowest BCUT2D eigenvalue weighted by atomic mass is 9.95. The summed E-state index contributed by atoms with van der Waals surface area (Å²) in [4.78, 5) is 31.0. The highest BCUT2D eigenvalue weighted by molar-refractivity contribution is 7.22. The van der Waals surface area contributed by atoms with Crippen LogP contribution in [-0.4, -0.2) is 82.2 Å². The molecule has 0 atom stereocenters. The molecule has 5 heterocycles. The van der Waals surface area contributed by atoms with E-state index in [9.17, 15) is 9.18 Å². The number of aromatic nitrogens is 3. The summed E-state index contributed by atoms with van der Waals surface area (Å²) in [7, 11) is 1.82. The van der Waals surface area contributed by atoms with Crippen LogP contribution in [0.15, 0.2) is 18.2 Å². The maximum Gasteiger partial charge on any atom is 0.319 e. The highest BCUT2D eigenvalue weighted by Gasteiger charge is 2.45. The molecule has 42 heavy (non-hydrogen) atoms. The number of nitrogen functional groups attached to an aromatic ring is 1. The van der Waals surface area contributed by atoms with Gasteiger partial charge >= 0.3 is 12.0 Å². The Hall–Kier alpha value is -3.55. The molecule has 3 saturated heterocycles. The Morgan fingerprint density at radius 2 is 1.93 bits per heavy atom. The number of primary amides is 1. The highest BCUT2D eigenvalue weighted by atomic mass is 35.5. The third kappa shape index (κ3) is 4.28. The fraction of sp³-hybridized carbons (Fsp3) is 0.429. The SMILES string of the molecule is CN(c1nc(OCC23CCCN2CCC3)nc2c(F)c(-c3ccc(F)c4sc(N)nc34)c(Cl)cc12)C1CN(C(N)=O)C1. The Morgan fingerprint density at radius 1 is 1.19 bits per heavy atom. The molecule has 2 aromatic carbocycles. The van der Waals surface area contributed by atoms with Crippen molar-refractivity contribution in [3.8, 4) is 17.1 Å². The third-order valence-corrected chi connectivity index (χ3v) is 10.2. The average molecular weight is 615 g/mol. The van der Waals surface area contributed by atoms with E-state index in [0.717, 1.165) is 50.1 Å². The Bertz CT molecular complexity index is 1740. The first-order chi connectivity index (χ1) is 20.1. The van der Waals surface area contributed by atoms with Gasteiger partial charge in [0.2, 0.25) is 0 Å². The molecule has 10 nitrogen and oxygen atoms in total. The van der Waals surface area contributed by atoms with Gasteiger partial charge in [-0.1, -0.05) is 22.9 Å². The predicted octanol–water partition coefficient (Wildman–Crippen LogP) is 4.63. The van der Waals surface area contributed by atoms with Crippen molar-refractivity contribution < 1.29 is 18.3 Å². The quantitative estimate of drug-likeness (QED) is 0.322. The second-order valence-corrected chi connectivity index (χ2v) is 12.8. The Morgan fingerprint density at radius 3 is 2.64 bits per heavy atom. The van der Waals surface area contributed by atoms with Gasteiger partial charge < -0.3 is 26.0 Å². The van der Waals surface area contributed by atoms with E-state index in [1.165, 1.54) is 17.0 Å². The van der Waals surface area contributed by atoms with Gasteiger partial charge in [-0.05, 0) is 57.0 Å². The third-order valence-electron chi connectivity index (χ3n) is 8.96. The van der Waals surface area contributed by atoms with Crippen molar-refractivity contribution in [3.05, 3.63) is 34.9 Å². The first-order valence-electron chi connectivity index (χ1n) is 13.8. The van der Waals surface area contributed by atoms with Crippen LogP contribution in [0.1, 0.15) is 25.7 Å². The summed E-state index contributed by atoms with van der Waals surface area (Å²) < 4.78 is 37.6. The average Bonchev–Trinajstić information content (AvgIpc) is 3.61. The van der Waals surface area contributed by atoms with Crippen molar-refractivity contribution in [1.29, 1.82) is 0 Å². The van der Waals surface area contributed by atoms with Gasteiger partial charge in [-0.2, -0.15) is 9.97 Å². The standard InChI is InChI=1S/C28H29ClF2N8O2S/c1-37(14-11-38(12-14)26(33)40)24-16-10-17(29)19(15-4-5-18(30)23-22(15)34-25(32)42-23)20(31)21(16)35-27(36-24)41-13-28-6-2-8-39(28)9-3-7-28/h4-5,10,14H,2-3,6-9,11-13H2,1H3,(H2,32,34)(H2,33,40). The van der Waals surface area contributed by atoms with Crippen molar-refractivity contribution >= 4 is 61.0 Å². The fourth-order valence-corrected chi connectivity index (χ4v) is 7.70. The maximum atomic E-state index is 16.6. The van der Waals surface area contributed by atoms with E-state index in [0.29, 0.717) is 36.5 Å². The molecule has 0 bridgehead atoms. The number of amides is 2. The van der Waals surface area contributed by atoms with Crippen molar-refractivity contribution in [2.24, 2.45) is 5.73 Å². The summed E-state index contributed by atoms with van der Waals surface area (Å²) in [5, 5.41) is 0.629. The van der Waals surface area contributed by atoms with Crippen LogP contribution < -0.4 is 21.1 Å². The fourth-order valence-electron chi connectivity index (χ4n) is 6.65. The number of nitrogens with two attached hydrogens (primary N) is 2. The number of hydrogen-bond acceptors (Lipinski definition) is 9. The van der Waals surface area contributed by atoms with Crippen LogP contribution in [-0.2, 0) is 0 Å². The number of carbonyl (C=O) groups excluding carboxylic acids is 1. The molecule has 4 N–H and O–H groups in total. The number of anilines is 2. The molecular weight excluding hydrogens is 586 g/mol. The molecule has 7 rings (SSSR count).